The molecule has 1 aliphatic rings. The van der Waals surface area contributed by atoms with Crippen LogP contribution in [0.15, 0.2) is 0 Å². The molecule has 1 saturated heterocycles. The third-order valence-electron chi connectivity index (χ3n) is 3.31. The number of hydrogen-bond donors (Lipinski definition) is 2. The maximum Gasteiger partial charge on any atom is 0.326 e. The highest BCUT2D eigenvalue weighted by Gasteiger charge is 2.34. The van der Waals surface area contributed by atoms with Crippen molar-refractivity contribution in [2.24, 2.45) is 0 Å². The molecule has 0 bridgehead atoms. The lowest BCUT2D eigenvalue weighted by molar-refractivity contribution is -0.141. The second kappa shape index (κ2) is 6.96. The molecule has 0 saturated carbocycles. The first-order valence-electron chi connectivity index (χ1n) is 6.56. The highest BCUT2D eigenvalue weighted by molar-refractivity contribution is 5.87. The van der Waals surface area contributed by atoms with Crippen LogP contribution in [0.25, 0.3) is 0 Å². The first-order valence-corrected chi connectivity index (χ1v) is 6.56. The lowest BCUT2D eigenvalue weighted by Gasteiger charge is -2.23. The first-order chi connectivity index (χ1) is 9.01. The van der Waals surface area contributed by atoms with Gasteiger partial charge in [-0.2, -0.15) is 0 Å². The predicted molar refractivity (Wildman–Crippen MR) is 68.7 cm³/mol. The molecule has 2 N–H and O–H groups in total. The maximum atomic E-state index is 11.8. The van der Waals surface area contributed by atoms with E-state index in [0.717, 1.165) is 0 Å². The molecule has 7 nitrogen and oxygen atoms in total. The molecule has 0 aromatic carbocycles. The number of urea groups is 1. The van der Waals surface area contributed by atoms with Crippen LogP contribution in [-0.2, 0) is 9.59 Å². The van der Waals surface area contributed by atoms with Gasteiger partial charge in [0.05, 0.1) is 6.54 Å². The molecule has 0 unspecified atom stereocenters. The first kappa shape index (κ1) is 15.3. The number of carbonyl (C=O) groups excluding carboxylic acids is 2. The summed E-state index contributed by atoms with van der Waals surface area (Å²) in [7, 11) is 0. The Labute approximate surface area is 112 Å². The number of carboxylic acids is 1. The van der Waals surface area contributed by atoms with E-state index in [1.165, 1.54) is 4.90 Å². The molecule has 0 aromatic rings. The van der Waals surface area contributed by atoms with Gasteiger partial charge in [0.1, 0.15) is 6.04 Å². The minimum Gasteiger partial charge on any atom is -0.480 e. The molecule has 1 heterocycles. The fourth-order valence-electron chi connectivity index (χ4n) is 2.21. The van der Waals surface area contributed by atoms with E-state index in [2.05, 4.69) is 5.32 Å². The Hall–Kier alpha value is -1.79. The number of aliphatic carboxylic acids is 1. The quantitative estimate of drug-likeness (QED) is 0.743. The van der Waals surface area contributed by atoms with Gasteiger partial charge >= 0.3 is 12.0 Å². The van der Waals surface area contributed by atoms with Crippen LogP contribution in [0, 0.1) is 0 Å². The summed E-state index contributed by atoms with van der Waals surface area (Å²) in [5.74, 6) is -1.16. The zero-order valence-corrected chi connectivity index (χ0v) is 11.4. The topological polar surface area (TPSA) is 90.0 Å². The van der Waals surface area contributed by atoms with Crippen molar-refractivity contribution in [3.8, 4) is 0 Å². The van der Waals surface area contributed by atoms with Crippen molar-refractivity contribution in [2.45, 2.75) is 32.7 Å². The van der Waals surface area contributed by atoms with E-state index in [9.17, 15) is 14.4 Å². The van der Waals surface area contributed by atoms with E-state index < -0.39 is 18.0 Å². The minimum atomic E-state index is -0.997. The van der Waals surface area contributed by atoms with Gasteiger partial charge in [-0.15, -0.1) is 0 Å². The third-order valence-corrected chi connectivity index (χ3v) is 3.31. The van der Waals surface area contributed by atoms with Gasteiger partial charge in [-0.25, -0.2) is 9.59 Å². The molecule has 1 atom stereocenters. The van der Waals surface area contributed by atoms with E-state index >= 15 is 0 Å². The molecule has 0 aromatic heterocycles. The SMILES string of the molecule is CCN(CC)C(=O)CNC(=O)N1CCC[C@@H]1C(=O)O. The van der Waals surface area contributed by atoms with Crippen LogP contribution in [0.2, 0.25) is 0 Å². The fourth-order valence-corrected chi connectivity index (χ4v) is 2.21. The molecule has 0 radical (unpaired) electrons. The van der Waals surface area contributed by atoms with Gasteiger partial charge in [0, 0.05) is 19.6 Å². The lowest BCUT2D eigenvalue weighted by atomic mass is 10.2. The molecular formula is C12H21N3O4. The number of nitrogens with zero attached hydrogens (tertiary/aromatic N) is 2. The number of amides is 3. The molecule has 108 valence electrons. The Morgan fingerprint density at radius 3 is 2.47 bits per heavy atom. The number of rotatable bonds is 5. The molecule has 1 aliphatic heterocycles. The monoisotopic (exact) mass is 271 g/mol. The summed E-state index contributed by atoms with van der Waals surface area (Å²) in [6.45, 7) is 5.24. The molecule has 1 rings (SSSR count). The second-order valence-corrected chi connectivity index (χ2v) is 4.41. The average molecular weight is 271 g/mol. The smallest absolute Gasteiger partial charge is 0.326 e. The number of carbonyl (C=O) groups is 3. The summed E-state index contributed by atoms with van der Waals surface area (Å²) in [6.07, 6.45) is 1.14. The molecule has 0 aliphatic carbocycles. The normalized spacial score (nSPS) is 18.2. The Morgan fingerprint density at radius 2 is 1.95 bits per heavy atom. The zero-order valence-electron chi connectivity index (χ0n) is 11.4. The van der Waals surface area contributed by atoms with E-state index in [4.69, 9.17) is 5.11 Å². The van der Waals surface area contributed by atoms with Gasteiger partial charge in [0.15, 0.2) is 0 Å². The molecular weight excluding hydrogens is 250 g/mol. The van der Waals surface area contributed by atoms with Crippen molar-refractivity contribution in [3.63, 3.8) is 0 Å². The summed E-state index contributed by atoms with van der Waals surface area (Å²) in [5, 5.41) is 11.5. The molecule has 7 heteroatoms. The number of hydrogen-bond acceptors (Lipinski definition) is 3. The number of carboxylic acid groups (broad SMARTS) is 1. The van der Waals surface area contributed by atoms with Gasteiger partial charge in [0.25, 0.3) is 0 Å². The van der Waals surface area contributed by atoms with Crippen LogP contribution in [0.3, 0.4) is 0 Å². The maximum absolute atomic E-state index is 11.8. The Bertz CT molecular complexity index is 355. The molecule has 1 fully saturated rings. The van der Waals surface area contributed by atoms with Gasteiger partial charge in [0.2, 0.25) is 5.91 Å². The Kier molecular flexibility index (Phi) is 5.59. The van der Waals surface area contributed by atoms with Crippen LogP contribution < -0.4 is 5.32 Å². The standard InChI is InChI=1S/C12H21N3O4/c1-3-14(4-2)10(16)8-13-12(19)15-7-5-6-9(15)11(17)18/h9H,3-8H2,1-2H3,(H,13,19)(H,17,18)/t9-/m1/s1. The third kappa shape index (κ3) is 3.84. The zero-order chi connectivity index (χ0) is 14.4. The summed E-state index contributed by atoms with van der Waals surface area (Å²) in [4.78, 5) is 37.4. The lowest BCUT2D eigenvalue weighted by Crippen LogP contribution is -2.49. The van der Waals surface area contributed by atoms with Crippen LogP contribution in [0.5, 0.6) is 0 Å². The summed E-state index contributed by atoms with van der Waals surface area (Å²) in [5.41, 5.74) is 0. The van der Waals surface area contributed by atoms with Crippen LogP contribution in [-0.4, -0.2) is 65.0 Å². The summed E-state index contributed by atoms with van der Waals surface area (Å²) >= 11 is 0. The van der Waals surface area contributed by atoms with Crippen molar-refractivity contribution >= 4 is 17.9 Å². The fraction of sp³-hybridized carbons (Fsp3) is 0.750. The Morgan fingerprint density at radius 1 is 1.32 bits per heavy atom. The Balaban J connectivity index is 2.47. The number of likely N-dealkylation sites (N-methyl/N-ethyl adjacent to an activating group) is 1. The summed E-state index contributed by atoms with van der Waals surface area (Å²) < 4.78 is 0. The molecule has 3 amide bonds. The van der Waals surface area contributed by atoms with E-state index in [-0.39, 0.29) is 12.5 Å². The second-order valence-electron chi connectivity index (χ2n) is 4.41. The van der Waals surface area contributed by atoms with Gasteiger partial charge in [-0.1, -0.05) is 0 Å². The van der Waals surface area contributed by atoms with Gasteiger partial charge < -0.3 is 20.2 Å². The number of likely N-dealkylation sites (tertiary alicyclic amines) is 1. The van der Waals surface area contributed by atoms with E-state index in [1.807, 2.05) is 13.8 Å². The van der Waals surface area contributed by atoms with Crippen LogP contribution in [0.4, 0.5) is 4.79 Å². The van der Waals surface area contributed by atoms with Gasteiger partial charge in [-0.05, 0) is 26.7 Å². The average Bonchev–Trinajstić information content (AvgIpc) is 2.86. The van der Waals surface area contributed by atoms with Crippen molar-refractivity contribution in [3.05, 3.63) is 0 Å². The molecule has 19 heavy (non-hydrogen) atoms. The highest BCUT2D eigenvalue weighted by atomic mass is 16.4. The highest BCUT2D eigenvalue weighted by Crippen LogP contribution is 2.17. The van der Waals surface area contributed by atoms with E-state index in [1.54, 1.807) is 4.90 Å². The minimum absolute atomic E-state index is 0.0939. The van der Waals surface area contributed by atoms with Crippen molar-refractivity contribution in [2.75, 3.05) is 26.2 Å². The number of nitrogens with one attached hydrogen (secondary N) is 1. The largest absolute Gasteiger partial charge is 0.480 e. The van der Waals surface area contributed by atoms with Crippen molar-refractivity contribution < 1.29 is 19.5 Å². The van der Waals surface area contributed by atoms with Crippen LogP contribution >= 0.6 is 0 Å². The summed E-state index contributed by atoms with van der Waals surface area (Å²) in [6, 6.07) is -1.26. The van der Waals surface area contributed by atoms with E-state index in [0.29, 0.717) is 32.5 Å². The van der Waals surface area contributed by atoms with Gasteiger partial charge in [-0.3, -0.25) is 4.79 Å². The van der Waals surface area contributed by atoms with Crippen molar-refractivity contribution in [1.29, 1.82) is 0 Å². The van der Waals surface area contributed by atoms with Crippen LogP contribution in [0.1, 0.15) is 26.7 Å². The molecule has 0 spiro atoms. The predicted octanol–water partition coefficient (Wildman–Crippen LogP) is 0.113. The van der Waals surface area contributed by atoms with Crippen molar-refractivity contribution in [1.82, 2.24) is 15.1 Å².